The fraction of sp³-hybridized carbons (Fsp3) is 0.238. The Morgan fingerprint density at radius 2 is 1.83 bits per heavy atom. The lowest BCUT2D eigenvalue weighted by Crippen LogP contribution is -2.17. The van der Waals surface area contributed by atoms with Gasteiger partial charge < -0.3 is 10.1 Å². The van der Waals surface area contributed by atoms with E-state index in [4.69, 9.17) is 4.74 Å². The molecule has 1 heterocycles. The molecular formula is C21H22N4O4. The first kappa shape index (κ1) is 20.1. The maximum atomic E-state index is 12.3. The Morgan fingerprint density at radius 3 is 2.48 bits per heavy atom. The number of carbonyl (C=O) groups is 1. The molecule has 1 N–H and O–H groups in total. The zero-order valence-electron chi connectivity index (χ0n) is 16.5. The van der Waals surface area contributed by atoms with E-state index < -0.39 is 4.92 Å². The molecule has 0 radical (unpaired) electrons. The highest BCUT2D eigenvalue weighted by molar-refractivity contribution is 5.90. The fourth-order valence-corrected chi connectivity index (χ4v) is 2.77. The highest BCUT2D eigenvalue weighted by atomic mass is 16.6. The minimum absolute atomic E-state index is 0.00768. The van der Waals surface area contributed by atoms with Crippen molar-refractivity contribution in [2.24, 2.45) is 0 Å². The van der Waals surface area contributed by atoms with Gasteiger partial charge in [-0.3, -0.25) is 14.9 Å². The predicted octanol–water partition coefficient (Wildman–Crippen LogP) is 4.11. The summed E-state index contributed by atoms with van der Waals surface area (Å²) >= 11 is 0. The molecule has 0 saturated carbocycles. The summed E-state index contributed by atoms with van der Waals surface area (Å²) in [6.45, 7) is 6.10. The van der Waals surface area contributed by atoms with Gasteiger partial charge in [-0.05, 0) is 56.2 Å². The average Bonchev–Trinajstić information content (AvgIpc) is 3.04. The van der Waals surface area contributed by atoms with Gasteiger partial charge >= 0.3 is 0 Å². The van der Waals surface area contributed by atoms with E-state index in [2.05, 4.69) is 10.4 Å². The molecule has 0 spiro atoms. The minimum Gasteiger partial charge on any atom is -0.493 e. The molecule has 1 aromatic heterocycles. The van der Waals surface area contributed by atoms with Gasteiger partial charge in [-0.2, -0.15) is 5.10 Å². The van der Waals surface area contributed by atoms with Crippen molar-refractivity contribution in [3.63, 3.8) is 0 Å². The van der Waals surface area contributed by atoms with E-state index in [1.165, 1.54) is 17.7 Å². The van der Waals surface area contributed by atoms with Crippen molar-refractivity contribution in [1.29, 1.82) is 0 Å². The average molecular weight is 394 g/mol. The van der Waals surface area contributed by atoms with Gasteiger partial charge in [0.05, 0.1) is 29.3 Å². The van der Waals surface area contributed by atoms with Crippen molar-refractivity contribution in [1.82, 2.24) is 9.78 Å². The summed E-state index contributed by atoms with van der Waals surface area (Å²) in [4.78, 5) is 22.7. The maximum absolute atomic E-state index is 12.3. The van der Waals surface area contributed by atoms with Crippen LogP contribution in [0.25, 0.3) is 5.69 Å². The quantitative estimate of drug-likeness (QED) is 0.480. The number of non-ortho nitro benzene ring substituents is 1. The summed E-state index contributed by atoms with van der Waals surface area (Å²) in [7, 11) is 0. The molecule has 8 nitrogen and oxygen atoms in total. The largest absolute Gasteiger partial charge is 0.493 e. The Morgan fingerprint density at radius 1 is 1.10 bits per heavy atom. The summed E-state index contributed by atoms with van der Waals surface area (Å²) in [6, 6.07) is 13.5. The van der Waals surface area contributed by atoms with E-state index in [1.54, 1.807) is 29.8 Å². The van der Waals surface area contributed by atoms with Gasteiger partial charge in [-0.25, -0.2) is 4.68 Å². The molecule has 29 heavy (non-hydrogen) atoms. The van der Waals surface area contributed by atoms with Crippen LogP contribution in [0.15, 0.2) is 48.5 Å². The first-order chi connectivity index (χ1) is 13.8. The number of nitrogens with zero attached hydrogens (tertiary/aromatic N) is 3. The second-order valence-corrected chi connectivity index (χ2v) is 6.75. The van der Waals surface area contributed by atoms with Crippen molar-refractivity contribution < 1.29 is 14.5 Å². The highest BCUT2D eigenvalue weighted by Gasteiger charge is 2.13. The van der Waals surface area contributed by atoms with Crippen LogP contribution in [0.2, 0.25) is 0 Å². The number of amides is 1. The van der Waals surface area contributed by atoms with Crippen molar-refractivity contribution in [2.75, 3.05) is 11.9 Å². The summed E-state index contributed by atoms with van der Waals surface area (Å²) in [5, 5.41) is 18.0. The van der Waals surface area contributed by atoms with Gasteiger partial charge in [-0.15, -0.1) is 0 Å². The third kappa shape index (κ3) is 4.98. The maximum Gasteiger partial charge on any atom is 0.269 e. The van der Waals surface area contributed by atoms with Crippen LogP contribution in [-0.4, -0.2) is 27.2 Å². The molecule has 0 fully saturated rings. The molecule has 1 amide bonds. The molecule has 0 aliphatic carbocycles. The van der Waals surface area contributed by atoms with Crippen molar-refractivity contribution in [3.05, 3.63) is 75.5 Å². The highest BCUT2D eigenvalue weighted by Crippen LogP contribution is 2.20. The Hall–Kier alpha value is -3.68. The number of hydrogen-bond donors (Lipinski definition) is 1. The van der Waals surface area contributed by atoms with Crippen molar-refractivity contribution in [2.45, 2.75) is 27.2 Å². The van der Waals surface area contributed by atoms with E-state index in [1.807, 2.05) is 32.0 Å². The topological polar surface area (TPSA) is 99.3 Å². The van der Waals surface area contributed by atoms with Gasteiger partial charge in [0.2, 0.25) is 5.91 Å². The van der Waals surface area contributed by atoms with Crippen LogP contribution in [0.5, 0.6) is 5.75 Å². The lowest BCUT2D eigenvalue weighted by atomic mass is 10.1. The predicted molar refractivity (Wildman–Crippen MR) is 110 cm³/mol. The van der Waals surface area contributed by atoms with Crippen molar-refractivity contribution >= 4 is 17.4 Å². The Labute approximate surface area is 168 Å². The van der Waals surface area contributed by atoms with E-state index in [0.29, 0.717) is 17.2 Å². The van der Waals surface area contributed by atoms with Crippen LogP contribution in [0.3, 0.4) is 0 Å². The number of aryl methyl sites for hydroxylation is 3. The number of anilines is 1. The zero-order chi connectivity index (χ0) is 21.0. The van der Waals surface area contributed by atoms with E-state index in [-0.39, 0.29) is 24.6 Å². The smallest absolute Gasteiger partial charge is 0.269 e. The summed E-state index contributed by atoms with van der Waals surface area (Å²) in [6.07, 6.45) is 0.178. The van der Waals surface area contributed by atoms with Crippen LogP contribution in [0, 0.1) is 30.9 Å². The van der Waals surface area contributed by atoms with Gasteiger partial charge in [0.1, 0.15) is 11.6 Å². The summed E-state index contributed by atoms with van der Waals surface area (Å²) in [5.41, 5.74) is 3.64. The number of rotatable bonds is 7. The van der Waals surface area contributed by atoms with E-state index in [0.717, 1.165) is 11.3 Å². The van der Waals surface area contributed by atoms with E-state index in [9.17, 15) is 14.9 Å². The van der Waals surface area contributed by atoms with Crippen molar-refractivity contribution in [3.8, 4) is 11.4 Å². The molecule has 150 valence electrons. The Balaban J connectivity index is 1.63. The van der Waals surface area contributed by atoms with Gasteiger partial charge in [-0.1, -0.05) is 6.07 Å². The number of nitrogens with one attached hydrogen (secondary N) is 1. The van der Waals surface area contributed by atoms with Crippen LogP contribution < -0.4 is 10.1 Å². The minimum atomic E-state index is -0.462. The molecule has 0 aliphatic heterocycles. The molecule has 3 rings (SSSR count). The molecule has 3 aromatic rings. The third-order valence-electron chi connectivity index (χ3n) is 4.48. The first-order valence-corrected chi connectivity index (χ1v) is 9.15. The fourth-order valence-electron chi connectivity index (χ4n) is 2.77. The number of hydrogen-bond acceptors (Lipinski definition) is 5. The molecular weight excluding hydrogens is 372 g/mol. The first-order valence-electron chi connectivity index (χ1n) is 9.15. The number of nitro benzene ring substituents is 1. The van der Waals surface area contributed by atoms with Gasteiger partial charge in [0.15, 0.2) is 0 Å². The molecule has 0 unspecified atom stereocenters. The van der Waals surface area contributed by atoms with Crippen LogP contribution in [0.1, 0.15) is 23.2 Å². The number of nitro groups is 1. The summed E-state index contributed by atoms with van der Waals surface area (Å²) in [5.74, 6) is 1.01. The molecule has 8 heteroatoms. The molecule has 0 saturated heterocycles. The van der Waals surface area contributed by atoms with Gasteiger partial charge in [0, 0.05) is 18.2 Å². The number of benzene rings is 2. The second kappa shape index (κ2) is 8.55. The SMILES string of the molecule is Cc1cc(NC(=O)CCOc2ccc(C)c(C)c2)n(-c2ccc([N+](=O)[O-])cc2)n1. The number of ether oxygens (including phenoxy) is 1. The van der Waals surface area contributed by atoms with Gasteiger partial charge in [0.25, 0.3) is 5.69 Å². The molecule has 0 atom stereocenters. The number of carbonyl (C=O) groups excluding carboxylic acids is 1. The van der Waals surface area contributed by atoms with Crippen LogP contribution in [0.4, 0.5) is 11.5 Å². The Bertz CT molecular complexity index is 1040. The Kier molecular flexibility index (Phi) is 5.92. The summed E-state index contributed by atoms with van der Waals surface area (Å²) < 4.78 is 7.20. The third-order valence-corrected chi connectivity index (χ3v) is 4.48. The number of aromatic nitrogens is 2. The zero-order valence-corrected chi connectivity index (χ0v) is 16.5. The molecule has 0 aliphatic rings. The normalized spacial score (nSPS) is 10.6. The second-order valence-electron chi connectivity index (χ2n) is 6.75. The lowest BCUT2D eigenvalue weighted by molar-refractivity contribution is -0.384. The van der Waals surface area contributed by atoms with E-state index >= 15 is 0 Å². The lowest BCUT2D eigenvalue weighted by Gasteiger charge is -2.10. The van der Waals surface area contributed by atoms with Crippen LogP contribution in [-0.2, 0) is 4.79 Å². The molecule has 2 aromatic carbocycles. The van der Waals surface area contributed by atoms with Crippen LogP contribution >= 0.6 is 0 Å². The monoisotopic (exact) mass is 394 g/mol. The standard InChI is InChI=1S/C21H22N4O4/c1-14-4-9-19(12-15(14)2)29-11-10-21(26)22-20-13-16(3)23-24(20)17-5-7-18(8-6-17)25(27)28/h4-9,12-13H,10-11H2,1-3H3,(H,22,26). The molecule has 0 bridgehead atoms.